The molecule has 0 radical (unpaired) electrons. The normalized spacial score (nSPS) is 35.6. The van der Waals surface area contributed by atoms with Gasteiger partial charge in [-0.15, -0.1) is 0 Å². The first-order valence-corrected chi connectivity index (χ1v) is 7.24. The van der Waals surface area contributed by atoms with E-state index in [4.69, 9.17) is 4.74 Å². The van der Waals surface area contributed by atoms with E-state index < -0.39 is 11.9 Å². The fourth-order valence-electron chi connectivity index (χ4n) is 3.14. The second-order valence-corrected chi connectivity index (χ2v) is 5.67. The molecule has 5 heteroatoms. The van der Waals surface area contributed by atoms with Crippen molar-refractivity contribution in [1.82, 2.24) is 5.32 Å². The number of rotatable bonds is 3. The van der Waals surface area contributed by atoms with Gasteiger partial charge >= 0.3 is 5.97 Å². The van der Waals surface area contributed by atoms with Gasteiger partial charge in [-0.3, -0.25) is 9.59 Å². The quantitative estimate of drug-likeness (QED) is 0.762. The molecule has 2 N–H and O–H groups in total. The minimum Gasteiger partial charge on any atom is -0.481 e. The molecule has 1 heterocycles. The summed E-state index contributed by atoms with van der Waals surface area (Å²) in [5, 5.41) is 12.3. The molecule has 2 aliphatic rings. The molecule has 1 aliphatic carbocycles. The van der Waals surface area contributed by atoms with Gasteiger partial charge in [0.15, 0.2) is 0 Å². The SMILES string of the molecule is CC1OCCC1C(=O)NC1CCCCCC1C(=O)O. The summed E-state index contributed by atoms with van der Waals surface area (Å²) >= 11 is 0. The fourth-order valence-corrected chi connectivity index (χ4v) is 3.14. The first-order valence-electron chi connectivity index (χ1n) is 7.24. The van der Waals surface area contributed by atoms with Crippen molar-refractivity contribution in [2.75, 3.05) is 6.61 Å². The number of carboxylic acid groups (broad SMARTS) is 1. The van der Waals surface area contributed by atoms with Crippen LogP contribution in [0.5, 0.6) is 0 Å². The predicted molar refractivity (Wildman–Crippen MR) is 69.7 cm³/mol. The lowest BCUT2D eigenvalue weighted by Gasteiger charge is -2.25. The van der Waals surface area contributed by atoms with Crippen LogP contribution >= 0.6 is 0 Å². The van der Waals surface area contributed by atoms with E-state index in [9.17, 15) is 14.7 Å². The van der Waals surface area contributed by atoms with E-state index in [1.807, 2.05) is 6.92 Å². The summed E-state index contributed by atoms with van der Waals surface area (Å²) in [6.45, 7) is 2.52. The molecule has 0 aromatic carbocycles. The van der Waals surface area contributed by atoms with Crippen LogP contribution in [-0.2, 0) is 14.3 Å². The second kappa shape index (κ2) is 6.37. The molecule has 4 atom stereocenters. The minimum absolute atomic E-state index is 0.0388. The average Bonchev–Trinajstić information content (AvgIpc) is 2.65. The van der Waals surface area contributed by atoms with Crippen molar-refractivity contribution in [3.8, 4) is 0 Å². The molecule has 1 saturated carbocycles. The number of aliphatic carboxylic acids is 1. The van der Waals surface area contributed by atoms with Crippen LogP contribution in [0.1, 0.15) is 45.4 Å². The van der Waals surface area contributed by atoms with Gasteiger partial charge in [0.25, 0.3) is 0 Å². The van der Waals surface area contributed by atoms with E-state index >= 15 is 0 Å². The number of hydrogen-bond donors (Lipinski definition) is 2. The fraction of sp³-hybridized carbons (Fsp3) is 0.857. The molecule has 1 amide bonds. The summed E-state index contributed by atoms with van der Waals surface area (Å²) in [6.07, 6.45) is 5.09. The number of hydrogen-bond acceptors (Lipinski definition) is 3. The number of nitrogens with one attached hydrogen (secondary N) is 1. The molecule has 0 aromatic heterocycles. The van der Waals surface area contributed by atoms with Gasteiger partial charge in [0.05, 0.1) is 17.9 Å². The van der Waals surface area contributed by atoms with Gasteiger partial charge in [0.1, 0.15) is 0 Å². The number of amides is 1. The maximum atomic E-state index is 12.2. The first kappa shape index (κ1) is 14.3. The van der Waals surface area contributed by atoms with Gasteiger partial charge < -0.3 is 15.2 Å². The Labute approximate surface area is 113 Å². The lowest BCUT2D eigenvalue weighted by molar-refractivity contribution is -0.143. The number of ether oxygens (including phenoxy) is 1. The lowest BCUT2D eigenvalue weighted by atomic mass is 9.93. The maximum absolute atomic E-state index is 12.2. The number of carbonyl (C=O) groups excluding carboxylic acids is 1. The summed E-state index contributed by atoms with van der Waals surface area (Å²) in [6, 6.07) is -0.222. The van der Waals surface area contributed by atoms with Crippen LogP contribution in [0.15, 0.2) is 0 Å². The van der Waals surface area contributed by atoms with E-state index in [1.54, 1.807) is 0 Å². The average molecular weight is 269 g/mol. The van der Waals surface area contributed by atoms with Gasteiger partial charge in [0.2, 0.25) is 5.91 Å². The highest BCUT2D eigenvalue weighted by Crippen LogP contribution is 2.26. The second-order valence-electron chi connectivity index (χ2n) is 5.67. The van der Waals surface area contributed by atoms with E-state index in [2.05, 4.69) is 5.32 Å². The van der Waals surface area contributed by atoms with Gasteiger partial charge in [-0.2, -0.15) is 0 Å². The van der Waals surface area contributed by atoms with E-state index in [0.717, 1.165) is 32.1 Å². The molecule has 0 spiro atoms. The third kappa shape index (κ3) is 3.47. The monoisotopic (exact) mass is 269 g/mol. The molecular formula is C14H23NO4. The Kier molecular flexibility index (Phi) is 4.80. The van der Waals surface area contributed by atoms with Gasteiger partial charge in [-0.25, -0.2) is 0 Å². The summed E-state index contributed by atoms with van der Waals surface area (Å²) in [7, 11) is 0. The zero-order valence-electron chi connectivity index (χ0n) is 11.4. The van der Waals surface area contributed by atoms with Crippen LogP contribution in [0.4, 0.5) is 0 Å². The third-order valence-electron chi connectivity index (χ3n) is 4.37. The van der Waals surface area contributed by atoms with Crippen LogP contribution in [0.2, 0.25) is 0 Å². The molecule has 19 heavy (non-hydrogen) atoms. The van der Waals surface area contributed by atoms with Crippen molar-refractivity contribution < 1.29 is 19.4 Å². The maximum Gasteiger partial charge on any atom is 0.308 e. The van der Waals surface area contributed by atoms with Crippen molar-refractivity contribution in [3.63, 3.8) is 0 Å². The van der Waals surface area contributed by atoms with Crippen LogP contribution in [-0.4, -0.2) is 35.7 Å². The Bertz CT molecular complexity index is 344. The third-order valence-corrected chi connectivity index (χ3v) is 4.37. The Morgan fingerprint density at radius 3 is 2.47 bits per heavy atom. The molecule has 2 rings (SSSR count). The molecule has 1 aliphatic heterocycles. The summed E-state index contributed by atoms with van der Waals surface area (Å²) in [5.41, 5.74) is 0. The Hall–Kier alpha value is -1.10. The Morgan fingerprint density at radius 2 is 1.84 bits per heavy atom. The lowest BCUT2D eigenvalue weighted by Crippen LogP contribution is -2.46. The van der Waals surface area contributed by atoms with Crippen molar-refractivity contribution in [1.29, 1.82) is 0 Å². The zero-order valence-corrected chi connectivity index (χ0v) is 11.4. The van der Waals surface area contributed by atoms with Crippen LogP contribution < -0.4 is 5.32 Å². The molecule has 2 fully saturated rings. The molecule has 0 aromatic rings. The number of carbonyl (C=O) groups is 2. The van der Waals surface area contributed by atoms with Crippen molar-refractivity contribution in [2.45, 2.75) is 57.6 Å². The molecule has 4 unspecified atom stereocenters. The molecule has 1 saturated heterocycles. The summed E-state index contributed by atoms with van der Waals surface area (Å²) in [5.74, 6) is -1.40. The van der Waals surface area contributed by atoms with Crippen LogP contribution in [0, 0.1) is 11.8 Å². The molecule has 5 nitrogen and oxygen atoms in total. The minimum atomic E-state index is -0.789. The highest BCUT2D eigenvalue weighted by molar-refractivity contribution is 5.81. The highest BCUT2D eigenvalue weighted by atomic mass is 16.5. The summed E-state index contributed by atoms with van der Waals surface area (Å²) in [4.78, 5) is 23.5. The molecule has 0 bridgehead atoms. The van der Waals surface area contributed by atoms with Crippen LogP contribution in [0.25, 0.3) is 0 Å². The van der Waals surface area contributed by atoms with E-state index in [-0.39, 0.29) is 24.0 Å². The van der Waals surface area contributed by atoms with Crippen LogP contribution in [0.3, 0.4) is 0 Å². The Morgan fingerprint density at radius 1 is 1.11 bits per heavy atom. The smallest absolute Gasteiger partial charge is 0.308 e. The first-order chi connectivity index (χ1) is 9.09. The Balaban J connectivity index is 1.98. The van der Waals surface area contributed by atoms with Gasteiger partial charge in [0, 0.05) is 12.6 Å². The standard InChI is InChI=1S/C14H23NO4/c1-9-10(7-8-19-9)13(16)15-12-6-4-2-3-5-11(12)14(17)18/h9-12H,2-8H2,1H3,(H,15,16)(H,17,18). The molecular weight excluding hydrogens is 246 g/mol. The predicted octanol–water partition coefficient (Wildman–Crippen LogP) is 1.56. The van der Waals surface area contributed by atoms with Gasteiger partial charge in [-0.1, -0.05) is 19.3 Å². The van der Waals surface area contributed by atoms with E-state index in [0.29, 0.717) is 13.0 Å². The van der Waals surface area contributed by atoms with Crippen molar-refractivity contribution >= 4 is 11.9 Å². The molecule has 108 valence electrons. The number of carboxylic acids is 1. The van der Waals surface area contributed by atoms with Gasteiger partial charge in [-0.05, 0) is 26.2 Å². The summed E-state index contributed by atoms with van der Waals surface area (Å²) < 4.78 is 5.40. The topological polar surface area (TPSA) is 75.6 Å². The highest BCUT2D eigenvalue weighted by Gasteiger charge is 2.35. The van der Waals surface area contributed by atoms with Crippen molar-refractivity contribution in [3.05, 3.63) is 0 Å². The van der Waals surface area contributed by atoms with Crippen molar-refractivity contribution in [2.24, 2.45) is 11.8 Å². The largest absolute Gasteiger partial charge is 0.481 e. The van der Waals surface area contributed by atoms with E-state index in [1.165, 1.54) is 0 Å². The zero-order chi connectivity index (χ0) is 13.8.